The van der Waals surface area contributed by atoms with Gasteiger partial charge in [-0.05, 0) is 6.92 Å². The minimum atomic E-state index is -0.399. The van der Waals surface area contributed by atoms with E-state index >= 15 is 0 Å². The van der Waals surface area contributed by atoms with E-state index in [1.165, 1.54) is 6.33 Å². The van der Waals surface area contributed by atoms with Crippen molar-refractivity contribution in [1.82, 2.24) is 9.97 Å². The van der Waals surface area contributed by atoms with E-state index in [1.54, 1.807) is 18.9 Å². The lowest BCUT2D eigenvalue weighted by molar-refractivity contribution is 0.205. The van der Waals surface area contributed by atoms with E-state index < -0.39 is 5.82 Å². The molecule has 0 amide bonds. The highest BCUT2D eigenvalue weighted by Crippen LogP contribution is 2.16. The SMILES string of the molecule is COCCN(CCCl)c1ncnc(C)c1F. The molecule has 1 heterocycles. The predicted molar refractivity (Wildman–Crippen MR) is 61.5 cm³/mol. The molecule has 0 aliphatic heterocycles. The van der Waals surface area contributed by atoms with Crippen molar-refractivity contribution in [3.63, 3.8) is 0 Å². The maximum atomic E-state index is 13.8. The summed E-state index contributed by atoms with van der Waals surface area (Å²) in [6, 6.07) is 0. The third-order valence-electron chi connectivity index (χ3n) is 2.16. The highest BCUT2D eigenvalue weighted by atomic mass is 35.5. The summed E-state index contributed by atoms with van der Waals surface area (Å²) in [5, 5.41) is 0. The van der Waals surface area contributed by atoms with Crippen LogP contribution in [-0.4, -0.2) is 42.7 Å². The van der Waals surface area contributed by atoms with Crippen molar-refractivity contribution in [2.24, 2.45) is 0 Å². The monoisotopic (exact) mass is 247 g/mol. The molecular weight excluding hydrogens is 233 g/mol. The molecule has 16 heavy (non-hydrogen) atoms. The first-order valence-electron chi connectivity index (χ1n) is 4.97. The van der Waals surface area contributed by atoms with Crippen molar-refractivity contribution in [3.8, 4) is 0 Å². The van der Waals surface area contributed by atoms with Crippen LogP contribution in [0.1, 0.15) is 5.69 Å². The average Bonchev–Trinajstić information content (AvgIpc) is 2.28. The normalized spacial score (nSPS) is 10.5. The van der Waals surface area contributed by atoms with Crippen LogP contribution in [0.3, 0.4) is 0 Å². The van der Waals surface area contributed by atoms with Crippen LogP contribution >= 0.6 is 11.6 Å². The third-order valence-corrected chi connectivity index (χ3v) is 2.33. The first-order valence-corrected chi connectivity index (χ1v) is 5.51. The standard InChI is InChI=1S/C10H15ClFN3O/c1-8-9(12)10(14-7-13-8)15(4-3-11)5-6-16-2/h7H,3-6H2,1-2H3. The van der Waals surface area contributed by atoms with Crippen molar-refractivity contribution < 1.29 is 9.13 Å². The number of hydrogen-bond donors (Lipinski definition) is 0. The zero-order valence-electron chi connectivity index (χ0n) is 9.41. The summed E-state index contributed by atoms with van der Waals surface area (Å²) in [6.45, 7) is 3.18. The highest BCUT2D eigenvalue weighted by molar-refractivity contribution is 6.18. The van der Waals surface area contributed by atoms with Crippen LogP contribution in [0.15, 0.2) is 6.33 Å². The number of rotatable bonds is 6. The average molecular weight is 248 g/mol. The highest BCUT2D eigenvalue weighted by Gasteiger charge is 2.14. The maximum Gasteiger partial charge on any atom is 0.186 e. The Bertz CT molecular complexity index is 338. The quantitative estimate of drug-likeness (QED) is 0.716. The molecule has 1 aromatic heterocycles. The number of ether oxygens (including phenoxy) is 1. The number of anilines is 1. The van der Waals surface area contributed by atoms with Crippen LogP contribution in [0.5, 0.6) is 0 Å². The van der Waals surface area contributed by atoms with E-state index in [0.717, 1.165) is 0 Å². The Morgan fingerprint density at radius 1 is 1.44 bits per heavy atom. The molecule has 0 fully saturated rings. The topological polar surface area (TPSA) is 38.2 Å². The van der Waals surface area contributed by atoms with Gasteiger partial charge in [0.2, 0.25) is 0 Å². The number of halogens is 2. The summed E-state index contributed by atoms with van der Waals surface area (Å²) in [4.78, 5) is 9.47. The number of aromatic nitrogens is 2. The van der Waals surface area contributed by atoms with Gasteiger partial charge in [0.1, 0.15) is 6.33 Å². The van der Waals surface area contributed by atoms with Gasteiger partial charge in [-0.3, -0.25) is 0 Å². The van der Waals surface area contributed by atoms with Crippen molar-refractivity contribution in [3.05, 3.63) is 17.8 Å². The summed E-state index contributed by atoms with van der Waals surface area (Å²) in [5.41, 5.74) is 0.335. The van der Waals surface area contributed by atoms with Crippen LogP contribution < -0.4 is 4.90 Å². The molecule has 0 aliphatic rings. The number of hydrogen-bond acceptors (Lipinski definition) is 4. The van der Waals surface area contributed by atoms with E-state index in [0.29, 0.717) is 31.3 Å². The van der Waals surface area contributed by atoms with Crippen LogP contribution in [0.2, 0.25) is 0 Å². The molecule has 4 nitrogen and oxygen atoms in total. The van der Waals surface area contributed by atoms with E-state index in [1.807, 2.05) is 0 Å². The van der Waals surface area contributed by atoms with E-state index in [9.17, 15) is 4.39 Å². The Morgan fingerprint density at radius 3 is 2.81 bits per heavy atom. The van der Waals surface area contributed by atoms with Gasteiger partial charge in [0.05, 0.1) is 12.3 Å². The molecule has 6 heteroatoms. The fourth-order valence-electron chi connectivity index (χ4n) is 1.29. The minimum Gasteiger partial charge on any atom is -0.383 e. The molecule has 0 aromatic carbocycles. The molecule has 90 valence electrons. The molecule has 0 saturated carbocycles. The second-order valence-corrected chi connectivity index (χ2v) is 3.64. The van der Waals surface area contributed by atoms with Gasteiger partial charge in [0, 0.05) is 26.1 Å². The van der Waals surface area contributed by atoms with Crippen molar-refractivity contribution in [1.29, 1.82) is 0 Å². The predicted octanol–water partition coefficient (Wildman–Crippen LogP) is 1.62. The van der Waals surface area contributed by atoms with Crippen LogP contribution in [0.4, 0.5) is 10.2 Å². The first-order chi connectivity index (χ1) is 7.70. The molecule has 1 rings (SSSR count). The Hall–Kier alpha value is -0.940. The zero-order valence-corrected chi connectivity index (χ0v) is 10.2. The fraction of sp³-hybridized carbons (Fsp3) is 0.600. The third kappa shape index (κ3) is 3.28. The second-order valence-electron chi connectivity index (χ2n) is 3.27. The van der Waals surface area contributed by atoms with Crippen LogP contribution in [0.25, 0.3) is 0 Å². The summed E-state index contributed by atoms with van der Waals surface area (Å²) in [7, 11) is 1.60. The number of nitrogens with zero attached hydrogens (tertiary/aromatic N) is 3. The lowest BCUT2D eigenvalue weighted by atomic mass is 10.3. The zero-order chi connectivity index (χ0) is 12.0. The molecular formula is C10H15ClFN3O. The van der Waals surface area contributed by atoms with Gasteiger partial charge < -0.3 is 9.64 Å². The molecule has 0 N–H and O–H groups in total. The van der Waals surface area contributed by atoms with Crippen molar-refractivity contribution >= 4 is 17.4 Å². The number of aryl methyl sites for hydroxylation is 1. The fourth-order valence-corrected chi connectivity index (χ4v) is 1.50. The van der Waals surface area contributed by atoms with Crippen LogP contribution in [0, 0.1) is 12.7 Å². The lowest BCUT2D eigenvalue weighted by Crippen LogP contribution is -2.31. The smallest absolute Gasteiger partial charge is 0.186 e. The lowest BCUT2D eigenvalue weighted by Gasteiger charge is -2.22. The Balaban J connectivity index is 2.86. The van der Waals surface area contributed by atoms with E-state index in [2.05, 4.69) is 9.97 Å². The van der Waals surface area contributed by atoms with Gasteiger partial charge in [-0.1, -0.05) is 0 Å². The van der Waals surface area contributed by atoms with Crippen LogP contribution in [-0.2, 0) is 4.74 Å². The Morgan fingerprint density at radius 2 is 2.19 bits per heavy atom. The van der Waals surface area contributed by atoms with Gasteiger partial charge in [-0.25, -0.2) is 14.4 Å². The molecule has 0 saturated heterocycles. The van der Waals surface area contributed by atoms with Gasteiger partial charge in [0.25, 0.3) is 0 Å². The van der Waals surface area contributed by atoms with Gasteiger partial charge in [-0.15, -0.1) is 11.6 Å². The maximum absolute atomic E-state index is 13.8. The number of alkyl halides is 1. The molecule has 0 atom stereocenters. The second kappa shape index (κ2) is 6.60. The van der Waals surface area contributed by atoms with Gasteiger partial charge >= 0.3 is 0 Å². The number of methoxy groups -OCH3 is 1. The molecule has 0 bridgehead atoms. The molecule has 0 spiro atoms. The summed E-state index contributed by atoms with van der Waals surface area (Å²) < 4.78 is 18.7. The van der Waals surface area contributed by atoms with Crippen molar-refractivity contribution in [2.75, 3.05) is 37.6 Å². The molecule has 0 aliphatic carbocycles. The van der Waals surface area contributed by atoms with E-state index in [4.69, 9.17) is 16.3 Å². The Kier molecular flexibility index (Phi) is 5.42. The van der Waals surface area contributed by atoms with Crippen molar-refractivity contribution in [2.45, 2.75) is 6.92 Å². The molecule has 1 aromatic rings. The van der Waals surface area contributed by atoms with Gasteiger partial charge in [-0.2, -0.15) is 0 Å². The summed E-state index contributed by atoms with van der Waals surface area (Å²) in [5.74, 6) is 0.292. The largest absolute Gasteiger partial charge is 0.383 e. The minimum absolute atomic E-state index is 0.283. The van der Waals surface area contributed by atoms with Gasteiger partial charge in [0.15, 0.2) is 11.6 Å². The van der Waals surface area contributed by atoms with E-state index in [-0.39, 0.29) is 5.82 Å². The summed E-state index contributed by atoms with van der Waals surface area (Å²) >= 11 is 5.67. The molecule has 0 unspecified atom stereocenters. The first kappa shape index (κ1) is 13.1. The Labute approximate surface area is 99.4 Å². The molecule has 0 radical (unpaired) electrons. The summed E-state index contributed by atoms with van der Waals surface area (Å²) in [6.07, 6.45) is 1.35.